The molecule has 1 aliphatic rings. The van der Waals surface area contributed by atoms with Gasteiger partial charge in [-0.15, -0.1) is 21.5 Å². The largest absolute Gasteiger partial charge is 0.341 e. The standard InChI is InChI=1S/C23H23N5OS3/c1-15-6-4-8-17(12-15)24-22-26-27-23(32-22)30-14-20(29)28-11-5-7-16(13-28)21-25-18-9-2-3-10-19(18)31-21/h2-4,6,8-10,12,16H,5,7,11,13-14H2,1H3,(H,24,26). The molecule has 0 saturated carbocycles. The molecule has 0 radical (unpaired) electrons. The summed E-state index contributed by atoms with van der Waals surface area (Å²) in [5.41, 5.74) is 3.23. The van der Waals surface area contributed by atoms with E-state index in [0.717, 1.165) is 51.6 Å². The lowest BCUT2D eigenvalue weighted by molar-refractivity contribution is -0.129. The van der Waals surface area contributed by atoms with Gasteiger partial charge in [-0.1, -0.05) is 47.4 Å². The normalized spacial score (nSPS) is 16.4. The molecule has 2 aromatic heterocycles. The maximum absolute atomic E-state index is 12.9. The fourth-order valence-electron chi connectivity index (χ4n) is 3.85. The van der Waals surface area contributed by atoms with Crippen LogP contribution < -0.4 is 5.32 Å². The topological polar surface area (TPSA) is 71.0 Å². The molecule has 1 N–H and O–H groups in total. The van der Waals surface area contributed by atoms with Crippen molar-refractivity contribution < 1.29 is 4.79 Å². The lowest BCUT2D eigenvalue weighted by atomic mass is 9.99. The Kier molecular flexibility index (Phi) is 6.38. The molecule has 1 atom stereocenters. The molecule has 32 heavy (non-hydrogen) atoms. The number of benzene rings is 2. The molecule has 0 aliphatic carbocycles. The Morgan fingerprint density at radius 2 is 2.09 bits per heavy atom. The minimum absolute atomic E-state index is 0.157. The Bertz CT molecular complexity index is 1200. The maximum Gasteiger partial charge on any atom is 0.233 e. The second-order valence-electron chi connectivity index (χ2n) is 7.86. The van der Waals surface area contributed by atoms with E-state index in [4.69, 9.17) is 4.98 Å². The Labute approximate surface area is 199 Å². The lowest BCUT2D eigenvalue weighted by Crippen LogP contribution is -2.40. The van der Waals surface area contributed by atoms with Crippen molar-refractivity contribution in [1.82, 2.24) is 20.1 Å². The first-order valence-corrected chi connectivity index (χ1v) is 13.2. The summed E-state index contributed by atoms with van der Waals surface area (Å²) in [6.45, 7) is 3.62. The van der Waals surface area contributed by atoms with Crippen LogP contribution in [0.2, 0.25) is 0 Å². The average Bonchev–Trinajstić information content (AvgIpc) is 3.44. The van der Waals surface area contributed by atoms with Crippen molar-refractivity contribution in [3.8, 4) is 0 Å². The fourth-order valence-corrected chi connectivity index (χ4v) is 6.62. The van der Waals surface area contributed by atoms with Crippen LogP contribution in [-0.4, -0.2) is 44.8 Å². The smallest absolute Gasteiger partial charge is 0.233 e. The third-order valence-electron chi connectivity index (χ3n) is 5.43. The van der Waals surface area contributed by atoms with Gasteiger partial charge in [-0.25, -0.2) is 4.98 Å². The van der Waals surface area contributed by atoms with Gasteiger partial charge in [-0.2, -0.15) is 0 Å². The van der Waals surface area contributed by atoms with Crippen LogP contribution in [0.5, 0.6) is 0 Å². The summed E-state index contributed by atoms with van der Waals surface area (Å²) in [6.07, 6.45) is 2.10. The van der Waals surface area contributed by atoms with E-state index in [1.807, 2.05) is 29.2 Å². The van der Waals surface area contributed by atoms with E-state index in [9.17, 15) is 4.79 Å². The molecule has 0 spiro atoms. The number of piperidine rings is 1. The van der Waals surface area contributed by atoms with Crippen LogP contribution in [0.4, 0.5) is 10.8 Å². The highest BCUT2D eigenvalue weighted by atomic mass is 32.2. The number of hydrogen-bond acceptors (Lipinski definition) is 8. The molecular weight excluding hydrogens is 458 g/mol. The number of thiazole rings is 1. The summed E-state index contributed by atoms with van der Waals surface area (Å²) in [6, 6.07) is 16.4. The van der Waals surface area contributed by atoms with E-state index in [1.165, 1.54) is 33.4 Å². The third kappa shape index (κ3) is 4.95. The Balaban J connectivity index is 1.17. The number of aryl methyl sites for hydroxylation is 1. The predicted octanol–water partition coefficient (Wildman–Crippen LogP) is 5.70. The number of aromatic nitrogens is 3. The second-order valence-corrected chi connectivity index (χ2v) is 11.1. The van der Waals surface area contributed by atoms with Gasteiger partial charge in [-0.3, -0.25) is 4.79 Å². The van der Waals surface area contributed by atoms with E-state index in [-0.39, 0.29) is 5.91 Å². The van der Waals surface area contributed by atoms with Crippen LogP contribution in [0.3, 0.4) is 0 Å². The van der Waals surface area contributed by atoms with Crippen LogP contribution in [0, 0.1) is 6.92 Å². The molecule has 9 heteroatoms. The number of rotatable bonds is 6. The first-order valence-electron chi connectivity index (χ1n) is 10.6. The van der Waals surface area contributed by atoms with E-state index in [2.05, 4.69) is 46.7 Å². The molecule has 2 aromatic carbocycles. The van der Waals surface area contributed by atoms with Gasteiger partial charge < -0.3 is 10.2 Å². The van der Waals surface area contributed by atoms with Crippen LogP contribution in [0.15, 0.2) is 52.9 Å². The molecule has 164 valence electrons. The Morgan fingerprint density at radius 3 is 2.97 bits per heavy atom. The summed E-state index contributed by atoms with van der Waals surface area (Å²) in [5, 5.41) is 13.6. The number of carbonyl (C=O) groups excluding carboxylic acids is 1. The average molecular weight is 482 g/mol. The number of anilines is 2. The van der Waals surface area contributed by atoms with Gasteiger partial charge in [0.25, 0.3) is 0 Å². The SMILES string of the molecule is Cc1cccc(Nc2nnc(SCC(=O)N3CCCC(c4nc5ccccc5s4)C3)s2)c1. The summed E-state index contributed by atoms with van der Waals surface area (Å²) >= 11 is 4.68. The van der Waals surface area contributed by atoms with Crippen molar-refractivity contribution in [2.45, 2.75) is 30.0 Å². The van der Waals surface area contributed by atoms with Gasteiger partial charge in [0, 0.05) is 24.7 Å². The molecular formula is C23H23N5OS3. The first-order chi connectivity index (χ1) is 15.6. The van der Waals surface area contributed by atoms with Crippen molar-refractivity contribution in [3.63, 3.8) is 0 Å². The maximum atomic E-state index is 12.9. The minimum atomic E-state index is 0.157. The van der Waals surface area contributed by atoms with Gasteiger partial charge >= 0.3 is 0 Å². The van der Waals surface area contributed by atoms with Crippen molar-refractivity contribution >= 4 is 61.4 Å². The summed E-state index contributed by atoms with van der Waals surface area (Å²) in [5.74, 6) is 0.858. The fraction of sp³-hybridized carbons (Fsp3) is 0.304. The molecule has 1 saturated heterocycles. The molecule has 6 nitrogen and oxygen atoms in total. The minimum Gasteiger partial charge on any atom is -0.341 e. The first kappa shape index (κ1) is 21.4. The highest BCUT2D eigenvalue weighted by Gasteiger charge is 2.27. The third-order valence-corrected chi connectivity index (χ3v) is 8.58. The molecule has 1 amide bonds. The number of thioether (sulfide) groups is 1. The zero-order chi connectivity index (χ0) is 21.9. The summed E-state index contributed by atoms with van der Waals surface area (Å²) in [4.78, 5) is 19.7. The van der Waals surface area contributed by atoms with Crippen LogP contribution >= 0.6 is 34.4 Å². The summed E-state index contributed by atoms with van der Waals surface area (Å²) < 4.78 is 2.01. The number of fused-ring (bicyclic) bond motifs is 1. The van der Waals surface area contributed by atoms with E-state index < -0.39 is 0 Å². The number of nitrogens with zero attached hydrogens (tertiary/aromatic N) is 4. The van der Waals surface area contributed by atoms with Gasteiger partial charge in [0.05, 0.1) is 21.0 Å². The van der Waals surface area contributed by atoms with Crippen LogP contribution in [0.1, 0.15) is 29.3 Å². The molecule has 4 aromatic rings. The number of carbonyl (C=O) groups is 1. The number of likely N-dealkylation sites (tertiary alicyclic amines) is 1. The number of nitrogens with one attached hydrogen (secondary N) is 1. The van der Waals surface area contributed by atoms with Gasteiger partial charge in [-0.05, 0) is 49.6 Å². The van der Waals surface area contributed by atoms with Gasteiger partial charge in [0.2, 0.25) is 11.0 Å². The predicted molar refractivity (Wildman–Crippen MR) is 133 cm³/mol. The molecule has 3 heterocycles. The Hall–Kier alpha value is -2.49. The van der Waals surface area contributed by atoms with Crippen molar-refractivity contribution in [1.29, 1.82) is 0 Å². The lowest BCUT2D eigenvalue weighted by Gasteiger charge is -2.31. The van der Waals surface area contributed by atoms with Crippen LogP contribution in [0.25, 0.3) is 10.2 Å². The zero-order valence-electron chi connectivity index (χ0n) is 17.7. The molecule has 0 bridgehead atoms. The molecule has 1 aliphatic heterocycles. The van der Waals surface area contributed by atoms with Gasteiger partial charge in [0.15, 0.2) is 4.34 Å². The highest BCUT2D eigenvalue weighted by molar-refractivity contribution is 8.01. The number of amides is 1. The summed E-state index contributed by atoms with van der Waals surface area (Å²) in [7, 11) is 0. The quantitative estimate of drug-likeness (QED) is 0.356. The van der Waals surface area contributed by atoms with Crippen molar-refractivity contribution in [2.24, 2.45) is 0 Å². The molecule has 1 fully saturated rings. The molecule has 1 unspecified atom stereocenters. The van der Waals surface area contributed by atoms with E-state index in [1.54, 1.807) is 11.3 Å². The van der Waals surface area contributed by atoms with E-state index >= 15 is 0 Å². The monoisotopic (exact) mass is 481 g/mol. The number of para-hydroxylation sites is 1. The Morgan fingerprint density at radius 1 is 1.19 bits per heavy atom. The zero-order valence-corrected chi connectivity index (χ0v) is 20.1. The van der Waals surface area contributed by atoms with Gasteiger partial charge in [0.1, 0.15) is 0 Å². The molecule has 5 rings (SSSR count). The van der Waals surface area contributed by atoms with Crippen molar-refractivity contribution in [3.05, 3.63) is 59.1 Å². The highest BCUT2D eigenvalue weighted by Crippen LogP contribution is 2.34. The van der Waals surface area contributed by atoms with Crippen molar-refractivity contribution in [2.75, 3.05) is 24.2 Å². The van der Waals surface area contributed by atoms with Crippen LogP contribution in [-0.2, 0) is 4.79 Å². The van der Waals surface area contributed by atoms with E-state index in [0.29, 0.717) is 11.7 Å². The number of hydrogen-bond donors (Lipinski definition) is 1. The second kappa shape index (κ2) is 9.56.